The highest BCUT2D eigenvalue weighted by molar-refractivity contribution is 5.96. The molecule has 152 valence electrons. The summed E-state index contributed by atoms with van der Waals surface area (Å²) in [7, 11) is 0. The van der Waals surface area contributed by atoms with Crippen molar-refractivity contribution in [3.8, 4) is 0 Å². The van der Waals surface area contributed by atoms with Crippen molar-refractivity contribution < 1.29 is 9.59 Å². The number of aryl methyl sites for hydroxylation is 1. The van der Waals surface area contributed by atoms with Gasteiger partial charge in [-0.05, 0) is 36.8 Å². The van der Waals surface area contributed by atoms with Gasteiger partial charge in [-0.25, -0.2) is 4.98 Å². The molecule has 1 spiro atoms. The van der Waals surface area contributed by atoms with Crippen LogP contribution in [0.25, 0.3) is 0 Å². The van der Waals surface area contributed by atoms with E-state index in [4.69, 9.17) is 0 Å². The van der Waals surface area contributed by atoms with Crippen LogP contribution in [0.1, 0.15) is 66.8 Å². The van der Waals surface area contributed by atoms with Crippen LogP contribution >= 0.6 is 0 Å². The Hall–Kier alpha value is -2.70. The number of carbonyl (C=O) groups excluding carboxylic acids is 2. The predicted molar refractivity (Wildman–Crippen MR) is 107 cm³/mol. The van der Waals surface area contributed by atoms with Crippen molar-refractivity contribution in [1.29, 1.82) is 0 Å². The molecule has 1 unspecified atom stereocenters. The van der Waals surface area contributed by atoms with Gasteiger partial charge >= 0.3 is 0 Å². The van der Waals surface area contributed by atoms with Gasteiger partial charge in [0, 0.05) is 56.3 Å². The summed E-state index contributed by atoms with van der Waals surface area (Å²) in [5.74, 6) is 1.66. The molecule has 0 radical (unpaired) electrons. The molecule has 1 atom stereocenters. The molecule has 0 bridgehead atoms. The van der Waals surface area contributed by atoms with Crippen LogP contribution in [-0.4, -0.2) is 44.3 Å². The Labute approximate surface area is 170 Å². The van der Waals surface area contributed by atoms with Gasteiger partial charge in [0.15, 0.2) is 0 Å². The zero-order valence-electron chi connectivity index (χ0n) is 16.8. The highest BCUT2D eigenvalue weighted by Gasteiger charge is 2.54. The van der Waals surface area contributed by atoms with Crippen molar-refractivity contribution in [2.24, 2.45) is 5.92 Å². The van der Waals surface area contributed by atoms with E-state index < -0.39 is 0 Å². The summed E-state index contributed by atoms with van der Waals surface area (Å²) in [4.78, 5) is 36.0. The second kappa shape index (κ2) is 6.97. The van der Waals surface area contributed by atoms with Gasteiger partial charge in [-0.3, -0.25) is 14.6 Å². The van der Waals surface area contributed by atoms with Crippen LogP contribution in [-0.2, 0) is 16.8 Å². The number of hydrogen-bond donors (Lipinski definition) is 1. The van der Waals surface area contributed by atoms with Crippen LogP contribution in [0.4, 0.5) is 0 Å². The van der Waals surface area contributed by atoms with Crippen LogP contribution in [0.5, 0.6) is 0 Å². The Kier molecular flexibility index (Phi) is 4.41. The van der Waals surface area contributed by atoms with Crippen molar-refractivity contribution in [2.75, 3.05) is 13.1 Å². The molecular formula is C22H27N5O2. The average Bonchev–Trinajstić information content (AvgIpc) is 3.25. The van der Waals surface area contributed by atoms with Gasteiger partial charge in [0.1, 0.15) is 5.82 Å². The zero-order chi connectivity index (χ0) is 20.0. The Morgan fingerprint density at radius 3 is 2.83 bits per heavy atom. The van der Waals surface area contributed by atoms with Crippen LogP contribution in [0, 0.1) is 5.92 Å². The molecule has 2 amide bonds. The fourth-order valence-electron chi connectivity index (χ4n) is 5.05. The Morgan fingerprint density at radius 2 is 2.10 bits per heavy atom. The highest BCUT2D eigenvalue weighted by Crippen LogP contribution is 2.45. The molecule has 2 aromatic heterocycles. The Morgan fingerprint density at radius 1 is 1.28 bits per heavy atom. The molecule has 3 aliphatic rings. The predicted octanol–water partition coefficient (Wildman–Crippen LogP) is 2.44. The number of pyridine rings is 1. The lowest BCUT2D eigenvalue weighted by molar-refractivity contribution is -0.123. The maximum atomic E-state index is 13.0. The number of fused-ring (bicyclic) bond motifs is 2. The first kappa shape index (κ1) is 18.3. The van der Waals surface area contributed by atoms with E-state index in [0.717, 1.165) is 29.8 Å². The third kappa shape index (κ3) is 3.03. The number of amides is 2. The fraction of sp³-hybridized carbons (Fsp3) is 0.545. The SMILES string of the molecule is CCc1cnccc1C(=O)N1CC2(CC(NC(=O)CC3CCC3)c3nccn32)C1. The number of likely N-dealkylation sites (tertiary alicyclic amines) is 1. The molecule has 0 aromatic carbocycles. The van der Waals surface area contributed by atoms with E-state index in [1.807, 2.05) is 24.1 Å². The van der Waals surface area contributed by atoms with Gasteiger partial charge in [0.2, 0.25) is 5.91 Å². The summed E-state index contributed by atoms with van der Waals surface area (Å²) in [5, 5.41) is 3.20. The largest absolute Gasteiger partial charge is 0.346 e. The standard InChI is InChI=1S/C22H27N5O2/c1-2-16-12-23-7-6-17(16)21(29)26-13-22(14-26)11-18(20-24-8-9-27(20)22)25-19(28)10-15-4-3-5-15/h6-9,12,15,18H,2-5,10-11,13-14H2,1H3,(H,25,28). The molecular weight excluding hydrogens is 366 g/mol. The zero-order valence-corrected chi connectivity index (χ0v) is 16.8. The molecule has 1 saturated carbocycles. The first-order valence-electron chi connectivity index (χ1n) is 10.6. The van der Waals surface area contributed by atoms with Crippen LogP contribution in [0.15, 0.2) is 30.9 Å². The van der Waals surface area contributed by atoms with Gasteiger partial charge in [-0.2, -0.15) is 0 Å². The Balaban J connectivity index is 1.28. The lowest BCUT2D eigenvalue weighted by Crippen LogP contribution is -2.63. The number of nitrogens with zero attached hydrogens (tertiary/aromatic N) is 4. The summed E-state index contributed by atoms with van der Waals surface area (Å²) in [6, 6.07) is 1.74. The van der Waals surface area contributed by atoms with Gasteiger partial charge in [-0.15, -0.1) is 0 Å². The van der Waals surface area contributed by atoms with Gasteiger partial charge in [0.25, 0.3) is 5.91 Å². The molecule has 7 nitrogen and oxygen atoms in total. The van der Waals surface area contributed by atoms with Gasteiger partial charge in [0.05, 0.1) is 11.6 Å². The molecule has 7 heteroatoms. The minimum atomic E-state index is -0.157. The molecule has 2 aliphatic heterocycles. The minimum absolute atomic E-state index is 0.0639. The summed E-state index contributed by atoms with van der Waals surface area (Å²) in [6.07, 6.45) is 13.0. The van der Waals surface area contributed by atoms with Gasteiger partial charge < -0.3 is 14.8 Å². The molecule has 1 N–H and O–H groups in total. The van der Waals surface area contributed by atoms with Crippen molar-refractivity contribution in [1.82, 2.24) is 24.8 Å². The minimum Gasteiger partial charge on any atom is -0.346 e. The van der Waals surface area contributed by atoms with Crippen LogP contribution in [0.3, 0.4) is 0 Å². The summed E-state index contributed by atoms with van der Waals surface area (Å²) in [6.45, 7) is 3.34. The molecule has 5 rings (SSSR count). The molecule has 29 heavy (non-hydrogen) atoms. The van der Waals surface area contributed by atoms with E-state index in [-0.39, 0.29) is 23.4 Å². The normalized spacial score (nSPS) is 22.1. The van der Waals surface area contributed by atoms with E-state index >= 15 is 0 Å². The fourth-order valence-corrected chi connectivity index (χ4v) is 5.05. The second-order valence-electron chi connectivity index (χ2n) is 8.75. The second-order valence-corrected chi connectivity index (χ2v) is 8.75. The average molecular weight is 393 g/mol. The van der Waals surface area contributed by atoms with E-state index in [0.29, 0.717) is 25.4 Å². The summed E-state index contributed by atoms with van der Waals surface area (Å²) < 4.78 is 2.18. The summed E-state index contributed by atoms with van der Waals surface area (Å²) >= 11 is 0. The number of imidazole rings is 1. The summed E-state index contributed by atoms with van der Waals surface area (Å²) in [5.41, 5.74) is 1.57. The van der Waals surface area contributed by atoms with E-state index in [1.54, 1.807) is 18.6 Å². The topological polar surface area (TPSA) is 80.1 Å². The molecule has 1 saturated heterocycles. The van der Waals surface area contributed by atoms with Crippen LogP contribution in [0.2, 0.25) is 0 Å². The number of nitrogens with one attached hydrogen (secondary N) is 1. The van der Waals surface area contributed by atoms with Gasteiger partial charge in [-0.1, -0.05) is 13.3 Å². The van der Waals surface area contributed by atoms with E-state index in [2.05, 4.69) is 19.9 Å². The lowest BCUT2D eigenvalue weighted by atomic mass is 9.82. The number of aromatic nitrogens is 3. The van der Waals surface area contributed by atoms with E-state index in [9.17, 15) is 9.59 Å². The quantitative estimate of drug-likeness (QED) is 0.846. The molecule has 4 heterocycles. The molecule has 1 aliphatic carbocycles. The first-order chi connectivity index (χ1) is 14.1. The highest BCUT2D eigenvalue weighted by atomic mass is 16.2. The van der Waals surface area contributed by atoms with Crippen molar-refractivity contribution >= 4 is 11.8 Å². The first-order valence-corrected chi connectivity index (χ1v) is 10.6. The lowest BCUT2D eigenvalue weighted by Gasteiger charge is -2.49. The maximum Gasteiger partial charge on any atom is 0.254 e. The number of rotatable bonds is 5. The number of hydrogen-bond acceptors (Lipinski definition) is 4. The smallest absolute Gasteiger partial charge is 0.254 e. The van der Waals surface area contributed by atoms with E-state index in [1.165, 1.54) is 19.3 Å². The molecule has 2 fully saturated rings. The Bertz CT molecular complexity index is 942. The third-order valence-electron chi connectivity index (χ3n) is 6.88. The van der Waals surface area contributed by atoms with Crippen molar-refractivity contribution in [2.45, 2.75) is 57.0 Å². The van der Waals surface area contributed by atoms with Crippen molar-refractivity contribution in [3.63, 3.8) is 0 Å². The van der Waals surface area contributed by atoms with Crippen molar-refractivity contribution in [3.05, 3.63) is 47.8 Å². The third-order valence-corrected chi connectivity index (χ3v) is 6.88. The monoisotopic (exact) mass is 393 g/mol. The van der Waals surface area contributed by atoms with Crippen LogP contribution < -0.4 is 5.32 Å². The molecule has 2 aromatic rings. The number of carbonyl (C=O) groups is 2. The maximum absolute atomic E-state index is 13.0.